The maximum absolute atomic E-state index is 11.5. The summed E-state index contributed by atoms with van der Waals surface area (Å²) in [5.41, 5.74) is 10.9. The fraction of sp³-hybridized carbons (Fsp3) is 0.929. The molecule has 3 atom stereocenters. The highest BCUT2D eigenvalue weighted by atomic mass is 16.1. The van der Waals surface area contributed by atoms with E-state index in [0.29, 0.717) is 6.04 Å². The molecule has 3 unspecified atom stereocenters. The van der Waals surface area contributed by atoms with Gasteiger partial charge in [0.15, 0.2) is 0 Å². The van der Waals surface area contributed by atoms with E-state index in [1.165, 1.54) is 0 Å². The molecule has 0 bridgehead atoms. The molecule has 4 N–H and O–H groups in total. The summed E-state index contributed by atoms with van der Waals surface area (Å²) in [6.07, 6.45) is 4.96. The quantitative estimate of drug-likeness (QED) is 0.724. The third-order valence-electron chi connectivity index (χ3n) is 4.72. The molecule has 18 heavy (non-hydrogen) atoms. The Bertz CT molecular complexity index is 282. The van der Waals surface area contributed by atoms with Crippen LogP contribution < -0.4 is 11.5 Å². The molecule has 0 spiro atoms. The summed E-state index contributed by atoms with van der Waals surface area (Å²) in [6.45, 7) is 8.71. The molecule has 1 aliphatic carbocycles. The van der Waals surface area contributed by atoms with Crippen LogP contribution in [-0.4, -0.2) is 35.5 Å². The Kier molecular flexibility index (Phi) is 5.60. The van der Waals surface area contributed by atoms with E-state index in [-0.39, 0.29) is 11.8 Å². The highest BCUT2D eigenvalue weighted by molar-refractivity contribution is 5.85. The first-order valence-corrected chi connectivity index (χ1v) is 7.28. The van der Waals surface area contributed by atoms with Gasteiger partial charge in [0.2, 0.25) is 5.91 Å². The smallest absolute Gasteiger partial charge is 0.237 e. The van der Waals surface area contributed by atoms with Crippen LogP contribution in [0.1, 0.15) is 52.9 Å². The molecule has 0 radical (unpaired) electrons. The average Bonchev–Trinajstić information content (AvgIpc) is 2.72. The number of nitrogens with zero attached hydrogens (tertiary/aromatic N) is 1. The highest BCUT2D eigenvalue weighted by Gasteiger charge is 2.44. The van der Waals surface area contributed by atoms with Gasteiger partial charge in [0.25, 0.3) is 0 Å². The fourth-order valence-electron chi connectivity index (χ4n) is 3.10. The highest BCUT2D eigenvalue weighted by Crippen LogP contribution is 2.36. The molecule has 0 aromatic rings. The van der Waals surface area contributed by atoms with Crippen molar-refractivity contribution in [3.8, 4) is 0 Å². The van der Waals surface area contributed by atoms with Crippen molar-refractivity contribution in [3.05, 3.63) is 0 Å². The molecule has 1 fully saturated rings. The third kappa shape index (κ3) is 3.23. The van der Waals surface area contributed by atoms with Crippen LogP contribution in [0.3, 0.4) is 0 Å². The Hall–Kier alpha value is -0.610. The third-order valence-corrected chi connectivity index (χ3v) is 4.72. The first kappa shape index (κ1) is 15.4. The van der Waals surface area contributed by atoms with E-state index in [9.17, 15) is 4.79 Å². The molecule has 1 saturated carbocycles. The number of carbonyl (C=O) groups excluding carboxylic acids is 1. The van der Waals surface area contributed by atoms with Gasteiger partial charge >= 0.3 is 0 Å². The van der Waals surface area contributed by atoms with Crippen LogP contribution in [0, 0.1) is 5.92 Å². The molecule has 0 aliphatic heterocycles. The zero-order chi connectivity index (χ0) is 13.8. The van der Waals surface area contributed by atoms with E-state index >= 15 is 0 Å². The van der Waals surface area contributed by atoms with E-state index in [4.69, 9.17) is 11.5 Å². The summed E-state index contributed by atoms with van der Waals surface area (Å²) >= 11 is 0. The van der Waals surface area contributed by atoms with E-state index in [1.54, 1.807) is 0 Å². The lowest BCUT2D eigenvalue weighted by atomic mass is 9.85. The van der Waals surface area contributed by atoms with Gasteiger partial charge in [0, 0.05) is 6.04 Å². The van der Waals surface area contributed by atoms with E-state index in [0.717, 1.165) is 45.2 Å². The number of hydrogen-bond acceptors (Lipinski definition) is 3. The summed E-state index contributed by atoms with van der Waals surface area (Å²) in [7, 11) is 0. The molecule has 0 heterocycles. The van der Waals surface area contributed by atoms with Crippen LogP contribution in [0.5, 0.6) is 0 Å². The minimum atomic E-state index is -0.755. The Morgan fingerprint density at radius 2 is 2.17 bits per heavy atom. The second kappa shape index (κ2) is 6.53. The molecule has 4 nitrogen and oxygen atoms in total. The van der Waals surface area contributed by atoms with Gasteiger partial charge in [0.1, 0.15) is 0 Å². The maximum Gasteiger partial charge on any atom is 0.237 e. The first-order valence-electron chi connectivity index (χ1n) is 7.28. The second-order valence-electron chi connectivity index (χ2n) is 5.67. The number of primary amides is 1. The second-order valence-corrected chi connectivity index (χ2v) is 5.67. The van der Waals surface area contributed by atoms with Crippen LogP contribution in [-0.2, 0) is 4.79 Å². The molecular formula is C14H29N3O. The van der Waals surface area contributed by atoms with Gasteiger partial charge in [-0.2, -0.15) is 0 Å². The molecule has 1 rings (SSSR count). The van der Waals surface area contributed by atoms with E-state index in [2.05, 4.69) is 25.7 Å². The monoisotopic (exact) mass is 255 g/mol. The predicted molar refractivity (Wildman–Crippen MR) is 75.1 cm³/mol. The fourth-order valence-corrected chi connectivity index (χ4v) is 3.10. The van der Waals surface area contributed by atoms with Crippen molar-refractivity contribution >= 4 is 5.91 Å². The molecule has 0 aromatic heterocycles. The molecule has 0 saturated heterocycles. The maximum atomic E-state index is 11.5. The Labute approximate surface area is 111 Å². The minimum absolute atomic E-state index is 0.258. The van der Waals surface area contributed by atoms with Gasteiger partial charge < -0.3 is 16.4 Å². The van der Waals surface area contributed by atoms with Crippen molar-refractivity contribution in [2.24, 2.45) is 17.4 Å². The molecule has 0 aromatic carbocycles. The number of carbonyl (C=O) groups is 1. The van der Waals surface area contributed by atoms with Crippen LogP contribution in [0.2, 0.25) is 0 Å². The molecule has 4 heteroatoms. The standard InChI is InChI=1S/C14H29N3O/c1-4-11(3)17(5-2)10-8-12-7-6-9-14(12,16)13(15)18/h11-12H,4-10,16H2,1-3H3,(H2,15,18). The van der Waals surface area contributed by atoms with Crippen LogP contribution in [0.4, 0.5) is 0 Å². The summed E-state index contributed by atoms with van der Waals surface area (Å²) < 4.78 is 0. The summed E-state index contributed by atoms with van der Waals surface area (Å²) in [5.74, 6) is -0.0651. The number of nitrogens with two attached hydrogens (primary N) is 2. The lowest BCUT2D eigenvalue weighted by Gasteiger charge is -2.32. The first-order chi connectivity index (χ1) is 8.45. The number of rotatable bonds is 7. The van der Waals surface area contributed by atoms with Crippen LogP contribution in [0.25, 0.3) is 0 Å². The lowest BCUT2D eigenvalue weighted by Crippen LogP contribution is -2.55. The SMILES string of the molecule is CCC(C)N(CC)CCC1CCCC1(N)C(N)=O. The van der Waals surface area contributed by atoms with Crippen molar-refractivity contribution in [2.75, 3.05) is 13.1 Å². The van der Waals surface area contributed by atoms with Crippen molar-refractivity contribution < 1.29 is 4.79 Å². The van der Waals surface area contributed by atoms with E-state index in [1.807, 2.05) is 0 Å². The molecule has 1 aliphatic rings. The number of hydrogen-bond donors (Lipinski definition) is 2. The topological polar surface area (TPSA) is 72.3 Å². The molecule has 1 amide bonds. The van der Waals surface area contributed by atoms with Crippen molar-refractivity contribution in [1.82, 2.24) is 4.90 Å². The van der Waals surface area contributed by atoms with Crippen molar-refractivity contribution in [2.45, 2.75) is 64.5 Å². The molecule has 106 valence electrons. The average molecular weight is 255 g/mol. The Morgan fingerprint density at radius 3 is 2.67 bits per heavy atom. The van der Waals surface area contributed by atoms with Gasteiger partial charge in [-0.05, 0) is 51.6 Å². The van der Waals surface area contributed by atoms with Gasteiger partial charge in [-0.1, -0.05) is 20.3 Å². The molecular weight excluding hydrogens is 226 g/mol. The zero-order valence-corrected chi connectivity index (χ0v) is 12.1. The van der Waals surface area contributed by atoms with Crippen LogP contribution in [0.15, 0.2) is 0 Å². The number of amides is 1. The van der Waals surface area contributed by atoms with Crippen molar-refractivity contribution in [3.63, 3.8) is 0 Å². The van der Waals surface area contributed by atoms with Gasteiger partial charge in [-0.15, -0.1) is 0 Å². The largest absolute Gasteiger partial charge is 0.368 e. The predicted octanol–water partition coefficient (Wildman–Crippen LogP) is 1.48. The Morgan fingerprint density at radius 1 is 1.50 bits per heavy atom. The zero-order valence-electron chi connectivity index (χ0n) is 12.1. The lowest BCUT2D eigenvalue weighted by molar-refractivity contribution is -0.124. The van der Waals surface area contributed by atoms with Gasteiger partial charge in [-0.25, -0.2) is 0 Å². The van der Waals surface area contributed by atoms with Crippen LogP contribution >= 0.6 is 0 Å². The normalized spacial score (nSPS) is 29.7. The summed E-state index contributed by atoms with van der Waals surface area (Å²) in [5, 5.41) is 0. The summed E-state index contributed by atoms with van der Waals surface area (Å²) in [6, 6.07) is 0.595. The van der Waals surface area contributed by atoms with Gasteiger partial charge in [-0.3, -0.25) is 4.79 Å². The van der Waals surface area contributed by atoms with Crippen molar-refractivity contribution in [1.29, 1.82) is 0 Å². The summed E-state index contributed by atoms with van der Waals surface area (Å²) in [4.78, 5) is 14.0. The van der Waals surface area contributed by atoms with E-state index < -0.39 is 5.54 Å². The Balaban J connectivity index is 2.54. The van der Waals surface area contributed by atoms with Gasteiger partial charge in [0.05, 0.1) is 5.54 Å². The minimum Gasteiger partial charge on any atom is -0.368 e.